The molecule has 0 spiro atoms. The zero-order valence-electron chi connectivity index (χ0n) is 30.9. The fourth-order valence-corrected chi connectivity index (χ4v) is 8.48. The summed E-state index contributed by atoms with van der Waals surface area (Å²) in [4.78, 5) is 57.7. The number of nitro benzene ring substituents is 1. The Morgan fingerprint density at radius 3 is 2.36 bits per heavy atom. The first-order chi connectivity index (χ1) is 25.1. The number of hydrogen-bond donors (Lipinski definition) is 2. The van der Waals surface area contributed by atoms with Crippen molar-refractivity contribution in [3.63, 3.8) is 0 Å². The van der Waals surface area contributed by atoms with Gasteiger partial charge in [-0.15, -0.1) is 0 Å². The van der Waals surface area contributed by atoms with Crippen molar-refractivity contribution in [2.24, 2.45) is 29.1 Å². The van der Waals surface area contributed by atoms with Crippen LogP contribution >= 0.6 is 0 Å². The standard InChI is InChI=1S/C40H48N4O9/c1-23-32-19-29(40(32,3)4)20-33(23)41-37(46)36-35(24(2)45)34(22-51-39(48)52-31-16-14-30(15-17-31)44(49)50)53-43(36)21-25-8-7-9-28(18-25)26-10-12-27(13-11-26)38(47)42(5)6/h7-18,23-24,29,32-36,45H,19-22H2,1-6H3,(H,41,46)/t23-,24-,29-,32+,33-,34-,35+,36-/m0/s1. The first-order valence-electron chi connectivity index (χ1n) is 18.1. The number of nitro groups is 1. The second kappa shape index (κ2) is 15.2. The van der Waals surface area contributed by atoms with E-state index in [9.17, 15) is 29.6 Å². The molecular formula is C40H48N4O9. The number of non-ortho nitro benzene ring substituents is 1. The van der Waals surface area contributed by atoms with E-state index in [-0.39, 0.29) is 53.8 Å². The van der Waals surface area contributed by atoms with Gasteiger partial charge in [-0.25, -0.2) is 4.79 Å². The summed E-state index contributed by atoms with van der Waals surface area (Å²) in [6.45, 7) is 8.26. The Morgan fingerprint density at radius 2 is 1.75 bits per heavy atom. The van der Waals surface area contributed by atoms with Crippen LogP contribution in [0.2, 0.25) is 0 Å². The Morgan fingerprint density at radius 1 is 1.06 bits per heavy atom. The number of hydroxylamine groups is 2. The number of rotatable bonds is 11. The number of hydrogen-bond acceptors (Lipinski definition) is 10. The van der Waals surface area contributed by atoms with Crippen LogP contribution in [0.1, 0.15) is 56.5 Å². The maximum atomic E-state index is 14.3. The van der Waals surface area contributed by atoms with E-state index >= 15 is 0 Å². The lowest BCUT2D eigenvalue weighted by atomic mass is 9.45. The fourth-order valence-electron chi connectivity index (χ4n) is 8.48. The third-order valence-electron chi connectivity index (χ3n) is 11.6. The van der Waals surface area contributed by atoms with E-state index in [1.165, 1.54) is 29.2 Å². The molecule has 4 fully saturated rings. The molecule has 2 N–H and O–H groups in total. The molecule has 4 aliphatic rings. The van der Waals surface area contributed by atoms with Gasteiger partial charge < -0.3 is 24.8 Å². The van der Waals surface area contributed by atoms with Crippen LogP contribution in [0, 0.1) is 39.2 Å². The summed E-state index contributed by atoms with van der Waals surface area (Å²) in [7, 11) is 3.41. The number of amides is 2. The van der Waals surface area contributed by atoms with Crippen molar-refractivity contribution in [2.45, 2.75) is 71.4 Å². The average Bonchev–Trinajstić information content (AvgIpc) is 3.49. The quantitative estimate of drug-likeness (QED) is 0.106. The molecule has 2 amide bonds. The minimum absolute atomic E-state index is 0.0200. The minimum Gasteiger partial charge on any atom is -0.431 e. The highest BCUT2D eigenvalue weighted by atomic mass is 16.7. The molecule has 0 aromatic heterocycles. The second-order valence-electron chi connectivity index (χ2n) is 15.4. The van der Waals surface area contributed by atoms with Crippen LogP contribution in [0.25, 0.3) is 11.1 Å². The first-order valence-corrected chi connectivity index (χ1v) is 18.1. The molecule has 1 saturated heterocycles. The summed E-state index contributed by atoms with van der Waals surface area (Å²) in [5, 5.41) is 27.0. The van der Waals surface area contributed by atoms with Gasteiger partial charge in [0.1, 0.15) is 24.5 Å². The minimum atomic E-state index is -1.06. The Bertz CT molecular complexity index is 1830. The molecule has 13 nitrogen and oxygen atoms in total. The first kappa shape index (κ1) is 37.9. The smallest absolute Gasteiger partial charge is 0.431 e. The molecule has 3 aliphatic carbocycles. The lowest BCUT2D eigenvalue weighted by Crippen LogP contribution is -2.62. The van der Waals surface area contributed by atoms with Crippen molar-refractivity contribution in [3.8, 4) is 16.9 Å². The third kappa shape index (κ3) is 7.92. The number of fused-ring (bicyclic) bond motifs is 2. The lowest BCUT2D eigenvalue weighted by molar-refractivity contribution is -0.384. The molecule has 2 bridgehead atoms. The summed E-state index contributed by atoms with van der Waals surface area (Å²) >= 11 is 0. The molecule has 3 saturated carbocycles. The van der Waals surface area contributed by atoms with Crippen LogP contribution in [-0.2, 0) is 20.9 Å². The van der Waals surface area contributed by atoms with Gasteiger partial charge in [-0.05, 0) is 90.0 Å². The van der Waals surface area contributed by atoms with Crippen molar-refractivity contribution in [1.82, 2.24) is 15.3 Å². The molecule has 3 aromatic carbocycles. The van der Waals surface area contributed by atoms with E-state index in [2.05, 4.69) is 26.1 Å². The third-order valence-corrected chi connectivity index (χ3v) is 11.6. The van der Waals surface area contributed by atoms with Crippen LogP contribution in [0.15, 0.2) is 72.8 Å². The highest BCUT2D eigenvalue weighted by molar-refractivity contribution is 5.94. The highest BCUT2D eigenvalue weighted by Crippen LogP contribution is 2.61. The van der Waals surface area contributed by atoms with Crippen molar-refractivity contribution in [3.05, 3.63) is 94.0 Å². The van der Waals surface area contributed by atoms with Crippen molar-refractivity contribution in [1.29, 1.82) is 0 Å². The molecule has 3 aromatic rings. The molecule has 13 heteroatoms. The van der Waals surface area contributed by atoms with Crippen LogP contribution in [-0.4, -0.2) is 83.0 Å². The molecule has 0 unspecified atom stereocenters. The maximum Gasteiger partial charge on any atom is 0.513 e. The van der Waals surface area contributed by atoms with E-state index in [1.807, 2.05) is 36.4 Å². The van der Waals surface area contributed by atoms with Crippen LogP contribution in [0.5, 0.6) is 5.75 Å². The van der Waals surface area contributed by atoms with Gasteiger partial charge in [0.15, 0.2) is 0 Å². The van der Waals surface area contributed by atoms with Gasteiger partial charge in [-0.2, -0.15) is 5.06 Å². The molecule has 7 rings (SSSR count). The van der Waals surface area contributed by atoms with E-state index in [1.54, 1.807) is 38.2 Å². The number of carbonyl (C=O) groups excluding carboxylic acids is 3. The fraction of sp³-hybridized carbons (Fsp3) is 0.475. The largest absolute Gasteiger partial charge is 0.513 e. The Kier molecular flexibility index (Phi) is 10.9. The molecule has 1 heterocycles. The summed E-state index contributed by atoms with van der Waals surface area (Å²) in [5.41, 5.74) is 3.32. The second-order valence-corrected chi connectivity index (χ2v) is 15.4. The van der Waals surface area contributed by atoms with Crippen molar-refractivity contribution < 1.29 is 38.7 Å². The summed E-state index contributed by atoms with van der Waals surface area (Å²) in [5.74, 6) is 0.255. The average molecular weight is 729 g/mol. The van der Waals surface area contributed by atoms with Crippen LogP contribution < -0.4 is 10.1 Å². The van der Waals surface area contributed by atoms with Gasteiger partial charge in [0.05, 0.1) is 17.6 Å². The van der Waals surface area contributed by atoms with Gasteiger partial charge in [0.2, 0.25) is 5.91 Å². The topological polar surface area (TPSA) is 161 Å². The monoisotopic (exact) mass is 728 g/mol. The zero-order chi connectivity index (χ0) is 38.2. The summed E-state index contributed by atoms with van der Waals surface area (Å²) in [6, 6.07) is 19.2. The molecule has 8 atom stereocenters. The molecular weight excluding hydrogens is 680 g/mol. The number of nitrogens with one attached hydrogen (secondary N) is 1. The normalized spacial score (nSPS) is 26.5. The van der Waals surface area contributed by atoms with E-state index < -0.39 is 35.2 Å². The summed E-state index contributed by atoms with van der Waals surface area (Å²) < 4.78 is 10.6. The number of carbonyl (C=O) groups is 3. The Hall–Kier alpha value is -4.85. The molecule has 0 radical (unpaired) electrons. The molecule has 1 aliphatic heterocycles. The number of aliphatic hydroxyl groups excluding tert-OH is 1. The number of nitrogens with zero attached hydrogens (tertiary/aromatic N) is 3. The van der Waals surface area contributed by atoms with Crippen molar-refractivity contribution >= 4 is 23.7 Å². The van der Waals surface area contributed by atoms with Crippen molar-refractivity contribution in [2.75, 3.05) is 20.7 Å². The van der Waals surface area contributed by atoms with Crippen LogP contribution in [0.4, 0.5) is 10.5 Å². The summed E-state index contributed by atoms with van der Waals surface area (Å²) in [6.07, 6.45) is -0.923. The number of ether oxygens (including phenoxy) is 2. The van der Waals surface area contributed by atoms with E-state index in [0.29, 0.717) is 17.4 Å². The van der Waals surface area contributed by atoms with Gasteiger partial charge in [0.25, 0.3) is 11.6 Å². The Labute approximate surface area is 309 Å². The zero-order valence-corrected chi connectivity index (χ0v) is 30.9. The SMILES string of the molecule is C[C@@H]1[C@@H](NC(=O)[C@@H]2[C@H]([C@H](C)O)[C@H](COC(=O)Oc3ccc([N+](=O)[O-])cc3)ON2Cc2cccc(-c3ccc(C(=O)N(C)C)cc3)c2)C[C@@H]2C[C@H]1C2(C)C. The molecule has 282 valence electrons. The van der Waals surface area contributed by atoms with E-state index in [4.69, 9.17) is 14.3 Å². The number of benzene rings is 3. The number of aliphatic hydroxyl groups is 1. The van der Waals surface area contributed by atoms with Crippen LogP contribution in [0.3, 0.4) is 0 Å². The maximum absolute atomic E-state index is 14.3. The molecule has 53 heavy (non-hydrogen) atoms. The predicted molar refractivity (Wildman–Crippen MR) is 195 cm³/mol. The van der Waals surface area contributed by atoms with Gasteiger partial charge in [0, 0.05) is 43.8 Å². The lowest BCUT2D eigenvalue weighted by Gasteiger charge is -2.62. The van der Waals surface area contributed by atoms with Gasteiger partial charge >= 0.3 is 6.16 Å². The van der Waals surface area contributed by atoms with E-state index in [0.717, 1.165) is 29.5 Å². The Balaban J connectivity index is 1.21. The van der Waals surface area contributed by atoms with Gasteiger partial charge in [-0.3, -0.25) is 24.5 Å². The highest BCUT2D eigenvalue weighted by Gasteiger charge is 2.57. The predicted octanol–water partition coefficient (Wildman–Crippen LogP) is 5.85. The van der Waals surface area contributed by atoms with Gasteiger partial charge in [-0.1, -0.05) is 51.1 Å².